The summed E-state index contributed by atoms with van der Waals surface area (Å²) >= 11 is 0. The van der Waals surface area contributed by atoms with Gasteiger partial charge in [-0.25, -0.2) is 9.50 Å². The molecule has 124 valence electrons. The molecule has 6 heteroatoms. The zero-order valence-corrected chi connectivity index (χ0v) is 13.5. The van der Waals surface area contributed by atoms with Crippen LogP contribution in [-0.2, 0) is 6.42 Å². The Balaban J connectivity index is 1.69. The van der Waals surface area contributed by atoms with E-state index in [-0.39, 0.29) is 12.2 Å². The molecule has 0 aliphatic rings. The van der Waals surface area contributed by atoms with Crippen LogP contribution in [0.3, 0.4) is 0 Å². The summed E-state index contributed by atoms with van der Waals surface area (Å²) in [6, 6.07) is 16.8. The summed E-state index contributed by atoms with van der Waals surface area (Å²) in [5.74, 6) is 1.42. The molecule has 0 atom stereocenters. The predicted molar refractivity (Wildman–Crippen MR) is 91.7 cm³/mol. The number of furan rings is 1. The fourth-order valence-electron chi connectivity index (χ4n) is 2.67. The van der Waals surface area contributed by atoms with Gasteiger partial charge in [-0.1, -0.05) is 6.07 Å². The molecule has 0 aliphatic carbocycles. The fraction of sp³-hybridized carbons (Fsp3) is 0.105. The number of methoxy groups -OCH3 is 1. The molecule has 25 heavy (non-hydrogen) atoms. The van der Waals surface area contributed by atoms with E-state index < -0.39 is 0 Å². The second-order valence-corrected chi connectivity index (χ2v) is 5.51. The molecule has 0 saturated carbocycles. The molecule has 3 aromatic heterocycles. The van der Waals surface area contributed by atoms with Crippen molar-refractivity contribution in [1.82, 2.24) is 14.6 Å². The Labute approximate surface area is 143 Å². The molecule has 4 aromatic rings. The van der Waals surface area contributed by atoms with Crippen LogP contribution in [0.4, 0.5) is 0 Å². The molecule has 0 bridgehead atoms. The van der Waals surface area contributed by atoms with E-state index in [1.165, 1.54) is 6.26 Å². The van der Waals surface area contributed by atoms with E-state index in [4.69, 9.17) is 9.15 Å². The van der Waals surface area contributed by atoms with Crippen molar-refractivity contribution < 1.29 is 13.9 Å². The van der Waals surface area contributed by atoms with Gasteiger partial charge in [0.1, 0.15) is 5.75 Å². The number of fused-ring (bicyclic) bond motifs is 1. The zero-order chi connectivity index (χ0) is 17.2. The SMILES string of the molecule is COc1ccc(-c2cccc3nc(CC(=O)c4ccco4)nn23)cc1. The van der Waals surface area contributed by atoms with Crippen molar-refractivity contribution in [3.63, 3.8) is 0 Å². The molecule has 0 unspecified atom stereocenters. The fourth-order valence-corrected chi connectivity index (χ4v) is 2.67. The Kier molecular flexibility index (Phi) is 3.78. The van der Waals surface area contributed by atoms with E-state index >= 15 is 0 Å². The zero-order valence-electron chi connectivity index (χ0n) is 13.5. The summed E-state index contributed by atoms with van der Waals surface area (Å²) in [6.45, 7) is 0. The molecule has 0 aliphatic heterocycles. The van der Waals surface area contributed by atoms with Crippen LogP contribution in [-0.4, -0.2) is 27.5 Å². The van der Waals surface area contributed by atoms with Crippen molar-refractivity contribution in [2.24, 2.45) is 0 Å². The highest BCUT2D eigenvalue weighted by atomic mass is 16.5. The molecule has 4 rings (SSSR count). The molecule has 0 radical (unpaired) electrons. The van der Waals surface area contributed by atoms with E-state index in [1.807, 2.05) is 42.5 Å². The standard InChI is InChI=1S/C19H15N3O3/c1-24-14-9-7-13(8-10-14)15-4-2-6-19-20-18(21-22(15)19)12-16(23)17-5-3-11-25-17/h2-11H,12H2,1H3. The highest BCUT2D eigenvalue weighted by molar-refractivity contribution is 5.94. The molecule has 0 amide bonds. The van der Waals surface area contributed by atoms with Gasteiger partial charge in [-0.3, -0.25) is 4.79 Å². The van der Waals surface area contributed by atoms with Crippen LogP contribution >= 0.6 is 0 Å². The normalized spacial score (nSPS) is 10.9. The number of Topliss-reactive ketones (excluding diaryl/α,β-unsaturated/α-hetero) is 1. The average molecular weight is 333 g/mol. The number of carbonyl (C=O) groups is 1. The first-order valence-corrected chi connectivity index (χ1v) is 7.80. The van der Waals surface area contributed by atoms with Crippen LogP contribution in [0.5, 0.6) is 5.75 Å². The maximum absolute atomic E-state index is 12.2. The molecule has 0 N–H and O–H groups in total. The first-order valence-electron chi connectivity index (χ1n) is 7.80. The summed E-state index contributed by atoms with van der Waals surface area (Å²) in [6.07, 6.45) is 1.57. The van der Waals surface area contributed by atoms with Crippen LogP contribution in [0.25, 0.3) is 16.9 Å². The van der Waals surface area contributed by atoms with Crippen LogP contribution in [0.1, 0.15) is 16.4 Å². The Bertz CT molecular complexity index is 1020. The van der Waals surface area contributed by atoms with Gasteiger partial charge in [-0.15, -0.1) is 0 Å². The lowest BCUT2D eigenvalue weighted by molar-refractivity contribution is 0.0964. The third-order valence-corrected chi connectivity index (χ3v) is 3.90. The van der Waals surface area contributed by atoms with E-state index in [9.17, 15) is 4.79 Å². The second-order valence-electron chi connectivity index (χ2n) is 5.51. The number of nitrogens with zero attached hydrogens (tertiary/aromatic N) is 3. The lowest BCUT2D eigenvalue weighted by Gasteiger charge is -2.05. The third kappa shape index (κ3) is 2.89. The third-order valence-electron chi connectivity index (χ3n) is 3.90. The van der Waals surface area contributed by atoms with Gasteiger partial charge in [0.15, 0.2) is 17.2 Å². The monoisotopic (exact) mass is 333 g/mol. The number of carbonyl (C=O) groups excluding carboxylic acids is 1. The number of hydrogen-bond donors (Lipinski definition) is 0. The number of rotatable bonds is 5. The maximum atomic E-state index is 12.2. The van der Waals surface area contributed by atoms with Crippen molar-refractivity contribution in [2.45, 2.75) is 6.42 Å². The van der Waals surface area contributed by atoms with Crippen molar-refractivity contribution in [1.29, 1.82) is 0 Å². The highest BCUT2D eigenvalue weighted by Gasteiger charge is 2.15. The Morgan fingerprint density at radius 3 is 2.68 bits per heavy atom. The number of ketones is 1. The van der Waals surface area contributed by atoms with E-state index in [2.05, 4.69) is 10.1 Å². The molecular weight excluding hydrogens is 318 g/mol. The smallest absolute Gasteiger partial charge is 0.205 e. The van der Waals surface area contributed by atoms with E-state index in [0.717, 1.165) is 17.0 Å². The van der Waals surface area contributed by atoms with Crippen LogP contribution < -0.4 is 4.74 Å². The van der Waals surface area contributed by atoms with Crippen molar-refractivity contribution in [3.05, 3.63) is 72.4 Å². The number of hydrogen-bond acceptors (Lipinski definition) is 5. The minimum Gasteiger partial charge on any atom is -0.497 e. The molecule has 0 saturated heterocycles. The van der Waals surface area contributed by atoms with Crippen LogP contribution in [0.15, 0.2) is 65.3 Å². The summed E-state index contributed by atoms with van der Waals surface area (Å²) in [5, 5.41) is 4.49. The second kappa shape index (κ2) is 6.24. The number of aromatic nitrogens is 3. The Hall–Kier alpha value is -3.41. The van der Waals surface area contributed by atoms with Gasteiger partial charge in [0.25, 0.3) is 0 Å². The van der Waals surface area contributed by atoms with Gasteiger partial charge in [0.05, 0.1) is 25.5 Å². The van der Waals surface area contributed by atoms with Crippen LogP contribution in [0, 0.1) is 0 Å². The quantitative estimate of drug-likeness (QED) is 0.523. The van der Waals surface area contributed by atoms with Crippen molar-refractivity contribution >= 4 is 11.4 Å². The van der Waals surface area contributed by atoms with Gasteiger partial charge in [0, 0.05) is 5.56 Å². The predicted octanol–water partition coefficient (Wildman–Crippen LogP) is 3.42. The lowest BCUT2D eigenvalue weighted by Crippen LogP contribution is -2.04. The van der Waals surface area contributed by atoms with Gasteiger partial charge >= 0.3 is 0 Å². The molecule has 6 nitrogen and oxygen atoms in total. The van der Waals surface area contributed by atoms with Gasteiger partial charge in [-0.05, 0) is 48.5 Å². The average Bonchev–Trinajstić information content (AvgIpc) is 3.30. The van der Waals surface area contributed by atoms with Gasteiger partial charge < -0.3 is 9.15 Å². The summed E-state index contributed by atoms with van der Waals surface area (Å²) in [4.78, 5) is 16.6. The van der Waals surface area contributed by atoms with Crippen molar-refractivity contribution in [2.75, 3.05) is 7.11 Å². The minimum atomic E-state index is -0.146. The molecule has 3 heterocycles. The minimum absolute atomic E-state index is 0.0945. The molecule has 0 fully saturated rings. The summed E-state index contributed by atoms with van der Waals surface area (Å²) in [5.41, 5.74) is 2.57. The topological polar surface area (TPSA) is 69.6 Å². The first kappa shape index (κ1) is 15.1. The molecule has 0 spiro atoms. The Morgan fingerprint density at radius 1 is 1.12 bits per heavy atom. The van der Waals surface area contributed by atoms with Crippen LogP contribution in [0.2, 0.25) is 0 Å². The largest absolute Gasteiger partial charge is 0.497 e. The van der Waals surface area contributed by atoms with E-state index in [1.54, 1.807) is 23.8 Å². The molecular formula is C19H15N3O3. The van der Waals surface area contributed by atoms with Gasteiger partial charge in [0.2, 0.25) is 5.78 Å². The summed E-state index contributed by atoms with van der Waals surface area (Å²) < 4.78 is 12.1. The number of ether oxygens (including phenoxy) is 1. The number of benzene rings is 1. The summed E-state index contributed by atoms with van der Waals surface area (Å²) in [7, 11) is 1.63. The lowest BCUT2D eigenvalue weighted by atomic mass is 10.1. The maximum Gasteiger partial charge on any atom is 0.205 e. The Morgan fingerprint density at radius 2 is 1.96 bits per heavy atom. The van der Waals surface area contributed by atoms with Gasteiger partial charge in [-0.2, -0.15) is 5.10 Å². The highest BCUT2D eigenvalue weighted by Crippen LogP contribution is 2.23. The molecule has 1 aromatic carbocycles. The first-order chi connectivity index (χ1) is 12.2. The van der Waals surface area contributed by atoms with E-state index in [0.29, 0.717) is 17.2 Å². The van der Waals surface area contributed by atoms with Crippen molar-refractivity contribution in [3.8, 4) is 17.0 Å². The number of pyridine rings is 1.